The van der Waals surface area contributed by atoms with E-state index >= 15 is 0 Å². The largest absolute Gasteiger partial charge is 0.236 e. The molecule has 1 fully saturated rings. The summed E-state index contributed by atoms with van der Waals surface area (Å²) in [6.45, 7) is 4.45. The van der Waals surface area contributed by atoms with E-state index in [2.05, 4.69) is 34.8 Å². The molecular formula is C15H22BrClN2. The predicted molar refractivity (Wildman–Crippen MR) is 83.7 cm³/mol. The lowest BCUT2D eigenvalue weighted by molar-refractivity contribution is 0.311. The van der Waals surface area contributed by atoms with E-state index in [0.29, 0.717) is 11.1 Å². The van der Waals surface area contributed by atoms with Crippen molar-refractivity contribution in [1.29, 1.82) is 0 Å². The van der Waals surface area contributed by atoms with Crippen LogP contribution in [0.5, 0.6) is 0 Å². The van der Waals surface area contributed by atoms with Gasteiger partial charge in [0, 0.05) is 5.92 Å². The van der Waals surface area contributed by atoms with E-state index in [1.165, 1.54) is 32.1 Å². The Balaban J connectivity index is 2.16. The topological polar surface area (TPSA) is 25.8 Å². The molecule has 1 aromatic rings. The van der Waals surface area contributed by atoms with E-state index in [9.17, 15) is 0 Å². The van der Waals surface area contributed by atoms with Crippen LogP contribution >= 0.6 is 27.5 Å². The lowest BCUT2D eigenvalue weighted by atomic mass is 9.80. The minimum atomic E-state index is 0.504. The number of halogens is 2. The predicted octanol–water partition coefficient (Wildman–Crippen LogP) is 5.53. The van der Waals surface area contributed by atoms with Gasteiger partial charge in [0.05, 0.1) is 10.2 Å². The average molecular weight is 346 g/mol. The maximum absolute atomic E-state index is 6.23. The molecule has 2 nitrogen and oxygen atoms in total. The van der Waals surface area contributed by atoms with Crippen LogP contribution in [0.1, 0.15) is 69.8 Å². The molecule has 0 aliphatic heterocycles. The molecule has 0 spiro atoms. The quantitative estimate of drug-likeness (QED) is 0.671. The molecule has 0 unspecified atom stereocenters. The Morgan fingerprint density at radius 1 is 1.16 bits per heavy atom. The summed E-state index contributed by atoms with van der Waals surface area (Å²) in [7, 11) is 0. The summed E-state index contributed by atoms with van der Waals surface area (Å²) in [6, 6.07) is 0. The number of aryl methyl sites for hydroxylation is 1. The van der Waals surface area contributed by atoms with Crippen molar-refractivity contribution < 1.29 is 0 Å². The van der Waals surface area contributed by atoms with Crippen molar-refractivity contribution in [3.63, 3.8) is 0 Å². The first-order valence-corrected chi connectivity index (χ1v) is 8.54. The summed E-state index contributed by atoms with van der Waals surface area (Å²) in [5.41, 5.74) is 1.06. The van der Waals surface area contributed by atoms with Crippen molar-refractivity contribution in [3.05, 3.63) is 21.1 Å². The number of hydrogen-bond donors (Lipinski definition) is 0. The fourth-order valence-electron chi connectivity index (χ4n) is 2.89. The second kappa shape index (κ2) is 7.03. The van der Waals surface area contributed by atoms with Gasteiger partial charge < -0.3 is 0 Å². The minimum absolute atomic E-state index is 0.504. The number of rotatable bonds is 4. The lowest BCUT2D eigenvalue weighted by Crippen LogP contribution is -2.16. The van der Waals surface area contributed by atoms with Gasteiger partial charge in [-0.1, -0.05) is 38.3 Å². The van der Waals surface area contributed by atoms with Gasteiger partial charge in [0.2, 0.25) is 0 Å². The van der Waals surface area contributed by atoms with Crippen LogP contribution in [0.3, 0.4) is 0 Å². The summed E-state index contributed by atoms with van der Waals surface area (Å²) >= 11 is 9.74. The van der Waals surface area contributed by atoms with E-state index in [4.69, 9.17) is 16.6 Å². The molecule has 106 valence electrons. The fourth-order valence-corrected chi connectivity index (χ4v) is 3.47. The Bertz CT molecular complexity index is 428. The van der Waals surface area contributed by atoms with Crippen LogP contribution in [-0.2, 0) is 6.42 Å². The zero-order chi connectivity index (χ0) is 13.8. The van der Waals surface area contributed by atoms with Gasteiger partial charge in [-0.05, 0) is 54.0 Å². The Kier molecular flexibility index (Phi) is 5.64. The Hall–Kier alpha value is -0.150. The van der Waals surface area contributed by atoms with Crippen molar-refractivity contribution in [1.82, 2.24) is 9.97 Å². The third-order valence-electron chi connectivity index (χ3n) is 4.17. The van der Waals surface area contributed by atoms with Crippen LogP contribution in [0.15, 0.2) is 4.47 Å². The molecule has 2 rings (SSSR count). The van der Waals surface area contributed by atoms with Gasteiger partial charge in [0.15, 0.2) is 0 Å². The second-order valence-electron chi connectivity index (χ2n) is 5.51. The minimum Gasteiger partial charge on any atom is -0.236 e. The normalized spacial score (nSPS) is 23.6. The van der Waals surface area contributed by atoms with Crippen molar-refractivity contribution in [3.8, 4) is 0 Å². The zero-order valence-electron chi connectivity index (χ0n) is 11.8. The summed E-state index contributed by atoms with van der Waals surface area (Å²) in [4.78, 5) is 9.25. The molecule has 1 aliphatic rings. The molecule has 0 atom stereocenters. The van der Waals surface area contributed by atoms with E-state index < -0.39 is 0 Å². The van der Waals surface area contributed by atoms with Crippen LogP contribution in [0.4, 0.5) is 0 Å². The molecule has 4 heteroatoms. The molecule has 1 aliphatic carbocycles. The van der Waals surface area contributed by atoms with Crippen LogP contribution in [0.2, 0.25) is 5.15 Å². The summed E-state index contributed by atoms with van der Waals surface area (Å²) < 4.78 is 0.877. The van der Waals surface area contributed by atoms with E-state index in [1.807, 2.05) is 0 Å². The van der Waals surface area contributed by atoms with Crippen LogP contribution < -0.4 is 0 Å². The highest BCUT2D eigenvalue weighted by atomic mass is 79.9. The molecule has 0 amide bonds. The van der Waals surface area contributed by atoms with Gasteiger partial charge >= 0.3 is 0 Å². The van der Waals surface area contributed by atoms with Crippen molar-refractivity contribution in [2.24, 2.45) is 5.92 Å². The average Bonchev–Trinajstić information content (AvgIpc) is 2.44. The lowest BCUT2D eigenvalue weighted by Gasteiger charge is -2.27. The van der Waals surface area contributed by atoms with E-state index in [1.54, 1.807) is 0 Å². The molecular weight excluding hydrogens is 324 g/mol. The summed E-state index contributed by atoms with van der Waals surface area (Å²) in [5, 5.41) is 0.575. The molecule has 1 heterocycles. The Morgan fingerprint density at radius 2 is 1.84 bits per heavy atom. The highest BCUT2D eigenvalue weighted by Gasteiger charge is 2.24. The summed E-state index contributed by atoms with van der Waals surface area (Å²) in [5.74, 6) is 2.37. The van der Waals surface area contributed by atoms with Gasteiger partial charge in [0.1, 0.15) is 11.0 Å². The molecule has 0 saturated heterocycles. The first kappa shape index (κ1) is 15.2. The molecule has 19 heavy (non-hydrogen) atoms. The standard InChI is InChI=1S/C15H22BrClN2/c1-3-5-12-13(16)14(17)19-15(18-12)11-8-6-10(4-2)7-9-11/h10-11H,3-9H2,1-2H3. The maximum atomic E-state index is 6.23. The molecule has 1 saturated carbocycles. The smallest absolute Gasteiger partial charge is 0.147 e. The Labute approximate surface area is 129 Å². The van der Waals surface area contributed by atoms with Crippen molar-refractivity contribution >= 4 is 27.5 Å². The number of aromatic nitrogens is 2. The first-order chi connectivity index (χ1) is 9.15. The monoisotopic (exact) mass is 344 g/mol. The SMILES string of the molecule is CCCc1nc(C2CCC(CC)CC2)nc(Cl)c1Br. The van der Waals surface area contributed by atoms with Crippen molar-refractivity contribution in [2.75, 3.05) is 0 Å². The number of hydrogen-bond acceptors (Lipinski definition) is 2. The van der Waals surface area contributed by atoms with Gasteiger partial charge in [-0.2, -0.15) is 0 Å². The van der Waals surface area contributed by atoms with Crippen LogP contribution in [0.25, 0.3) is 0 Å². The second-order valence-corrected chi connectivity index (χ2v) is 6.66. The first-order valence-electron chi connectivity index (χ1n) is 7.37. The molecule has 0 radical (unpaired) electrons. The molecule has 0 aromatic carbocycles. The molecule has 0 N–H and O–H groups in total. The highest BCUT2D eigenvalue weighted by molar-refractivity contribution is 9.10. The van der Waals surface area contributed by atoms with Gasteiger partial charge in [0.25, 0.3) is 0 Å². The number of nitrogens with zero attached hydrogens (tertiary/aromatic N) is 2. The van der Waals surface area contributed by atoms with Crippen molar-refractivity contribution in [2.45, 2.75) is 64.7 Å². The van der Waals surface area contributed by atoms with E-state index in [0.717, 1.165) is 34.8 Å². The zero-order valence-corrected chi connectivity index (χ0v) is 14.1. The van der Waals surface area contributed by atoms with Crippen LogP contribution in [0, 0.1) is 5.92 Å². The van der Waals surface area contributed by atoms with E-state index in [-0.39, 0.29) is 0 Å². The van der Waals surface area contributed by atoms with Gasteiger partial charge in [-0.15, -0.1) is 0 Å². The van der Waals surface area contributed by atoms with Gasteiger partial charge in [-0.25, -0.2) is 9.97 Å². The third kappa shape index (κ3) is 3.69. The maximum Gasteiger partial charge on any atom is 0.147 e. The molecule has 1 aromatic heterocycles. The summed E-state index contributed by atoms with van der Waals surface area (Å²) in [6.07, 6.45) is 8.37. The highest BCUT2D eigenvalue weighted by Crippen LogP contribution is 2.37. The van der Waals surface area contributed by atoms with Crippen LogP contribution in [-0.4, -0.2) is 9.97 Å². The molecule has 0 bridgehead atoms. The van der Waals surface area contributed by atoms with Gasteiger partial charge in [-0.3, -0.25) is 0 Å². The fraction of sp³-hybridized carbons (Fsp3) is 0.733. The Morgan fingerprint density at radius 3 is 2.42 bits per heavy atom. The third-order valence-corrected chi connectivity index (χ3v) is 5.51.